The van der Waals surface area contributed by atoms with Gasteiger partial charge in [0.15, 0.2) is 0 Å². The van der Waals surface area contributed by atoms with Crippen LogP contribution in [0.3, 0.4) is 0 Å². The maximum Gasteiger partial charge on any atom is 0.258 e. The molecule has 1 aliphatic heterocycles. The molecule has 1 aliphatic rings. The SMILES string of the molecule is Cc1nc(CN2CCN(C(=O)c3ccoc3Cl)CC2)cs1. The Hall–Kier alpha value is -1.37. The monoisotopic (exact) mass is 325 g/mol. The third-order valence-corrected chi connectivity index (χ3v) is 4.68. The Morgan fingerprint density at radius 3 is 2.76 bits per heavy atom. The standard InChI is InChI=1S/C14H16ClN3O2S/c1-10-16-11(9-21-10)8-17-3-5-18(6-4-17)14(19)12-2-7-20-13(12)15/h2,7,9H,3-6,8H2,1H3. The molecule has 5 nitrogen and oxygen atoms in total. The smallest absolute Gasteiger partial charge is 0.258 e. The molecule has 3 heterocycles. The first-order chi connectivity index (χ1) is 10.1. The van der Waals surface area contributed by atoms with Crippen molar-refractivity contribution < 1.29 is 9.21 Å². The lowest BCUT2D eigenvalue weighted by molar-refractivity contribution is 0.0627. The van der Waals surface area contributed by atoms with Crippen LogP contribution in [0.1, 0.15) is 21.1 Å². The topological polar surface area (TPSA) is 49.6 Å². The molecule has 21 heavy (non-hydrogen) atoms. The summed E-state index contributed by atoms with van der Waals surface area (Å²) >= 11 is 7.53. The maximum atomic E-state index is 12.3. The minimum atomic E-state index is -0.0575. The van der Waals surface area contributed by atoms with Crippen LogP contribution < -0.4 is 0 Å². The largest absolute Gasteiger partial charge is 0.452 e. The number of amides is 1. The summed E-state index contributed by atoms with van der Waals surface area (Å²) in [6, 6.07) is 1.62. The van der Waals surface area contributed by atoms with Gasteiger partial charge in [0.1, 0.15) is 0 Å². The van der Waals surface area contributed by atoms with Crippen molar-refractivity contribution in [1.82, 2.24) is 14.8 Å². The number of hydrogen-bond donors (Lipinski definition) is 0. The van der Waals surface area contributed by atoms with Crippen LogP contribution in [0.2, 0.25) is 5.22 Å². The molecule has 2 aromatic rings. The highest BCUT2D eigenvalue weighted by Crippen LogP contribution is 2.20. The first-order valence-electron chi connectivity index (χ1n) is 6.79. The fourth-order valence-corrected chi connectivity index (χ4v) is 3.23. The van der Waals surface area contributed by atoms with Gasteiger partial charge in [-0.15, -0.1) is 11.3 Å². The minimum absolute atomic E-state index is 0.0575. The van der Waals surface area contributed by atoms with Gasteiger partial charge in [-0.25, -0.2) is 4.98 Å². The van der Waals surface area contributed by atoms with Crippen LogP contribution in [0, 0.1) is 6.92 Å². The van der Waals surface area contributed by atoms with Gasteiger partial charge in [0.2, 0.25) is 5.22 Å². The number of furan rings is 1. The first kappa shape index (κ1) is 14.6. The van der Waals surface area contributed by atoms with Crippen molar-refractivity contribution in [3.63, 3.8) is 0 Å². The van der Waals surface area contributed by atoms with Crippen molar-refractivity contribution in [3.05, 3.63) is 39.2 Å². The Balaban J connectivity index is 1.55. The Labute approximate surface area is 132 Å². The predicted octanol–water partition coefficient (Wildman–Crippen LogP) is 2.66. The summed E-state index contributed by atoms with van der Waals surface area (Å²) in [5, 5.41) is 3.35. The number of carbonyl (C=O) groups excluding carboxylic acids is 1. The number of thiazole rings is 1. The van der Waals surface area contributed by atoms with Crippen LogP contribution in [0.5, 0.6) is 0 Å². The molecule has 0 saturated carbocycles. The maximum absolute atomic E-state index is 12.3. The van der Waals surface area contributed by atoms with Crippen molar-refractivity contribution in [2.45, 2.75) is 13.5 Å². The number of aryl methyl sites for hydroxylation is 1. The summed E-state index contributed by atoms with van der Waals surface area (Å²) in [5.41, 5.74) is 1.55. The van der Waals surface area contributed by atoms with Gasteiger partial charge in [-0.1, -0.05) is 0 Å². The van der Waals surface area contributed by atoms with Gasteiger partial charge in [-0.05, 0) is 24.6 Å². The second-order valence-electron chi connectivity index (χ2n) is 5.03. The third-order valence-electron chi connectivity index (χ3n) is 3.56. The molecular formula is C14H16ClN3O2S. The molecule has 0 aliphatic carbocycles. The Morgan fingerprint density at radius 1 is 1.43 bits per heavy atom. The van der Waals surface area contributed by atoms with E-state index < -0.39 is 0 Å². The van der Waals surface area contributed by atoms with Crippen molar-refractivity contribution in [1.29, 1.82) is 0 Å². The zero-order valence-corrected chi connectivity index (χ0v) is 13.3. The second kappa shape index (κ2) is 6.17. The van der Waals surface area contributed by atoms with Gasteiger partial charge in [0.25, 0.3) is 5.91 Å². The molecule has 1 amide bonds. The van der Waals surface area contributed by atoms with Crippen LogP contribution in [0.15, 0.2) is 22.1 Å². The van der Waals surface area contributed by atoms with Crippen molar-refractivity contribution in [2.24, 2.45) is 0 Å². The van der Waals surface area contributed by atoms with E-state index in [4.69, 9.17) is 16.0 Å². The Bertz CT molecular complexity index is 632. The lowest BCUT2D eigenvalue weighted by atomic mass is 10.2. The van der Waals surface area contributed by atoms with Gasteiger partial charge >= 0.3 is 0 Å². The molecule has 1 saturated heterocycles. The van der Waals surface area contributed by atoms with E-state index in [1.807, 2.05) is 11.8 Å². The third kappa shape index (κ3) is 3.28. The lowest BCUT2D eigenvalue weighted by Crippen LogP contribution is -2.48. The fraction of sp³-hybridized carbons (Fsp3) is 0.429. The quantitative estimate of drug-likeness (QED) is 0.870. The number of carbonyl (C=O) groups is 1. The summed E-state index contributed by atoms with van der Waals surface area (Å²) in [4.78, 5) is 20.9. The van der Waals surface area contributed by atoms with Crippen LogP contribution >= 0.6 is 22.9 Å². The molecule has 0 aromatic carbocycles. The molecule has 3 rings (SSSR count). The minimum Gasteiger partial charge on any atom is -0.452 e. The van der Waals surface area contributed by atoms with Gasteiger partial charge in [0, 0.05) is 38.1 Å². The molecule has 0 atom stereocenters. The molecular weight excluding hydrogens is 310 g/mol. The molecule has 0 unspecified atom stereocenters. The first-order valence-corrected chi connectivity index (χ1v) is 8.05. The number of nitrogens with zero attached hydrogens (tertiary/aromatic N) is 3. The molecule has 0 radical (unpaired) electrons. The average Bonchev–Trinajstić information content (AvgIpc) is 3.08. The highest BCUT2D eigenvalue weighted by molar-refractivity contribution is 7.09. The van der Waals surface area contributed by atoms with Gasteiger partial charge in [-0.3, -0.25) is 9.69 Å². The van der Waals surface area contributed by atoms with Gasteiger partial charge < -0.3 is 9.32 Å². The van der Waals surface area contributed by atoms with Crippen LogP contribution in [-0.4, -0.2) is 46.9 Å². The molecule has 112 valence electrons. The lowest BCUT2D eigenvalue weighted by Gasteiger charge is -2.34. The fourth-order valence-electron chi connectivity index (χ4n) is 2.44. The molecule has 0 N–H and O–H groups in total. The van der Waals surface area contributed by atoms with Gasteiger partial charge in [0.05, 0.1) is 22.5 Å². The van der Waals surface area contributed by atoms with E-state index in [2.05, 4.69) is 15.3 Å². The van der Waals surface area contributed by atoms with Crippen molar-refractivity contribution in [3.8, 4) is 0 Å². The number of halogens is 1. The van der Waals surface area contributed by atoms with E-state index >= 15 is 0 Å². The zero-order valence-electron chi connectivity index (χ0n) is 11.7. The normalized spacial score (nSPS) is 16.4. The summed E-state index contributed by atoms with van der Waals surface area (Å²) in [5.74, 6) is -0.0575. The second-order valence-corrected chi connectivity index (χ2v) is 6.44. The van der Waals surface area contributed by atoms with E-state index in [9.17, 15) is 4.79 Å². The van der Waals surface area contributed by atoms with E-state index in [1.54, 1.807) is 17.4 Å². The molecule has 0 bridgehead atoms. The number of piperazine rings is 1. The summed E-state index contributed by atoms with van der Waals surface area (Å²) in [7, 11) is 0. The summed E-state index contributed by atoms with van der Waals surface area (Å²) in [6.45, 7) is 5.95. The highest BCUT2D eigenvalue weighted by atomic mass is 35.5. The summed E-state index contributed by atoms with van der Waals surface area (Å²) < 4.78 is 4.98. The Morgan fingerprint density at radius 2 is 2.19 bits per heavy atom. The van der Waals surface area contributed by atoms with Crippen molar-refractivity contribution in [2.75, 3.05) is 26.2 Å². The van der Waals surface area contributed by atoms with Crippen LogP contribution in [-0.2, 0) is 6.54 Å². The van der Waals surface area contributed by atoms with Crippen molar-refractivity contribution >= 4 is 28.8 Å². The molecule has 2 aromatic heterocycles. The molecule has 7 heteroatoms. The van der Waals surface area contributed by atoms with Crippen LogP contribution in [0.25, 0.3) is 0 Å². The van der Waals surface area contributed by atoms with E-state index in [0.717, 1.165) is 30.3 Å². The number of aromatic nitrogens is 1. The van der Waals surface area contributed by atoms with Gasteiger partial charge in [-0.2, -0.15) is 0 Å². The van der Waals surface area contributed by atoms with E-state index in [-0.39, 0.29) is 11.1 Å². The molecule has 1 fully saturated rings. The average molecular weight is 326 g/mol. The zero-order chi connectivity index (χ0) is 14.8. The molecule has 0 spiro atoms. The van der Waals surface area contributed by atoms with E-state index in [0.29, 0.717) is 18.7 Å². The predicted molar refractivity (Wildman–Crippen MR) is 81.7 cm³/mol. The summed E-state index contributed by atoms with van der Waals surface area (Å²) in [6.07, 6.45) is 1.44. The number of rotatable bonds is 3. The van der Waals surface area contributed by atoms with E-state index in [1.165, 1.54) is 6.26 Å². The number of hydrogen-bond acceptors (Lipinski definition) is 5. The highest BCUT2D eigenvalue weighted by Gasteiger charge is 2.24. The van der Waals surface area contributed by atoms with Crippen LogP contribution in [0.4, 0.5) is 0 Å². The Kier molecular flexibility index (Phi) is 4.28.